The molecule has 1 atom stereocenters. The van der Waals surface area contributed by atoms with E-state index in [2.05, 4.69) is 6.07 Å². The standard InChI is InChI=1S/C23H21NO3S3/c1-13-10-11-17-16(12-13)18-20(29-30-22(18)28)23(3,4)24(17)21(26)19(27-14(2)25)15-8-6-5-7-9-15/h5-12,19H,1-4H3/t19-/m0/s1. The van der Waals surface area contributed by atoms with Crippen LogP contribution in [0.4, 0.5) is 5.69 Å². The summed E-state index contributed by atoms with van der Waals surface area (Å²) in [6, 6.07) is 15.2. The fourth-order valence-corrected chi connectivity index (χ4v) is 7.19. The summed E-state index contributed by atoms with van der Waals surface area (Å²) in [6.45, 7) is 7.38. The summed E-state index contributed by atoms with van der Waals surface area (Å²) < 4.78 is 6.37. The number of benzene rings is 2. The number of hydrogen-bond donors (Lipinski definition) is 0. The predicted octanol–water partition coefficient (Wildman–Crippen LogP) is 6.40. The third kappa shape index (κ3) is 3.41. The zero-order chi connectivity index (χ0) is 21.6. The highest BCUT2D eigenvalue weighted by Gasteiger charge is 2.45. The first-order chi connectivity index (χ1) is 14.2. The first kappa shape index (κ1) is 20.9. The number of amides is 1. The van der Waals surface area contributed by atoms with Gasteiger partial charge in [-0.1, -0.05) is 74.9 Å². The summed E-state index contributed by atoms with van der Waals surface area (Å²) in [6.07, 6.45) is -1.02. The molecule has 3 aromatic rings. The van der Waals surface area contributed by atoms with Crippen LogP contribution >= 0.6 is 32.9 Å². The minimum atomic E-state index is -1.02. The van der Waals surface area contributed by atoms with E-state index >= 15 is 0 Å². The van der Waals surface area contributed by atoms with E-state index in [0.717, 1.165) is 31.1 Å². The molecule has 0 fully saturated rings. The largest absolute Gasteiger partial charge is 0.447 e. The van der Waals surface area contributed by atoms with Crippen LogP contribution < -0.4 is 4.90 Å². The van der Waals surface area contributed by atoms with E-state index in [1.807, 2.05) is 51.1 Å². The summed E-state index contributed by atoms with van der Waals surface area (Å²) in [7, 11) is 3.16. The summed E-state index contributed by atoms with van der Waals surface area (Å²) in [5, 5.41) is 0. The van der Waals surface area contributed by atoms with Crippen molar-refractivity contribution in [3.63, 3.8) is 0 Å². The molecule has 0 bridgehead atoms. The van der Waals surface area contributed by atoms with E-state index in [4.69, 9.17) is 17.0 Å². The SMILES string of the molecule is CC(=O)O[C@H](C(=O)N1c2ccc(C)cc2-c2c(ssc2=S)C1(C)C)c1ccccc1. The minimum absolute atomic E-state index is 0.276. The number of fused-ring (bicyclic) bond motifs is 3. The molecule has 1 aliphatic heterocycles. The molecule has 0 unspecified atom stereocenters. The number of hydrogen-bond acceptors (Lipinski definition) is 6. The molecule has 4 rings (SSSR count). The highest BCUT2D eigenvalue weighted by molar-refractivity contribution is 7.80. The van der Waals surface area contributed by atoms with Crippen LogP contribution in [0.3, 0.4) is 0 Å². The number of anilines is 1. The molecular formula is C23H21NO3S3. The van der Waals surface area contributed by atoms with E-state index < -0.39 is 17.6 Å². The lowest BCUT2D eigenvalue weighted by molar-refractivity contribution is -0.153. The smallest absolute Gasteiger partial charge is 0.303 e. The summed E-state index contributed by atoms with van der Waals surface area (Å²) in [4.78, 5) is 28.6. The Kier molecular flexibility index (Phi) is 5.38. The Morgan fingerprint density at radius 1 is 1.10 bits per heavy atom. The lowest BCUT2D eigenvalue weighted by Gasteiger charge is -2.44. The first-order valence-corrected chi connectivity index (χ1v) is 12.1. The van der Waals surface area contributed by atoms with E-state index in [1.165, 1.54) is 6.92 Å². The third-order valence-electron chi connectivity index (χ3n) is 5.24. The number of esters is 1. The Hall–Kier alpha value is -2.35. The molecular weight excluding hydrogens is 434 g/mol. The van der Waals surface area contributed by atoms with Crippen molar-refractivity contribution < 1.29 is 14.3 Å². The molecule has 4 nitrogen and oxygen atoms in total. The molecule has 0 spiro atoms. The summed E-state index contributed by atoms with van der Waals surface area (Å²) >= 11 is 5.64. The number of ether oxygens (including phenoxy) is 1. The second kappa shape index (κ2) is 7.72. The van der Waals surface area contributed by atoms with E-state index in [9.17, 15) is 9.59 Å². The van der Waals surface area contributed by atoms with Gasteiger partial charge in [0.15, 0.2) is 0 Å². The maximum atomic E-state index is 13.9. The average Bonchev–Trinajstić information content (AvgIpc) is 3.10. The maximum Gasteiger partial charge on any atom is 0.303 e. The van der Waals surface area contributed by atoms with Crippen molar-refractivity contribution in [1.82, 2.24) is 0 Å². The van der Waals surface area contributed by atoms with E-state index in [0.29, 0.717) is 5.56 Å². The zero-order valence-electron chi connectivity index (χ0n) is 17.1. The van der Waals surface area contributed by atoms with Crippen LogP contribution in [0, 0.1) is 10.7 Å². The van der Waals surface area contributed by atoms with Gasteiger partial charge in [0.25, 0.3) is 5.91 Å². The van der Waals surface area contributed by atoms with Gasteiger partial charge in [0.2, 0.25) is 6.10 Å². The van der Waals surface area contributed by atoms with Gasteiger partial charge in [0.1, 0.15) is 3.82 Å². The van der Waals surface area contributed by atoms with Crippen LogP contribution in [0.2, 0.25) is 0 Å². The van der Waals surface area contributed by atoms with Gasteiger partial charge in [-0.15, -0.1) is 0 Å². The van der Waals surface area contributed by atoms with Gasteiger partial charge in [-0.05, 0) is 32.9 Å². The lowest BCUT2D eigenvalue weighted by Crippen LogP contribution is -2.50. The molecule has 1 aromatic heterocycles. The zero-order valence-corrected chi connectivity index (χ0v) is 19.5. The minimum Gasteiger partial charge on any atom is -0.447 e. The molecule has 7 heteroatoms. The molecule has 0 N–H and O–H groups in total. The second-order valence-electron chi connectivity index (χ2n) is 7.81. The quantitative estimate of drug-likeness (QED) is 0.260. The number of rotatable bonds is 3. The molecule has 2 heterocycles. The number of carbonyl (C=O) groups excluding carboxylic acids is 2. The van der Waals surface area contributed by atoms with E-state index in [-0.39, 0.29) is 5.91 Å². The van der Waals surface area contributed by atoms with Crippen molar-refractivity contribution in [2.75, 3.05) is 4.90 Å². The van der Waals surface area contributed by atoms with Gasteiger partial charge in [-0.2, -0.15) is 0 Å². The van der Waals surface area contributed by atoms with Crippen molar-refractivity contribution in [3.8, 4) is 11.1 Å². The summed E-state index contributed by atoms with van der Waals surface area (Å²) in [5.74, 6) is -0.774. The Morgan fingerprint density at radius 3 is 2.47 bits per heavy atom. The highest BCUT2D eigenvalue weighted by Crippen LogP contribution is 2.53. The molecule has 0 aliphatic carbocycles. The van der Waals surface area contributed by atoms with Crippen LogP contribution in [0.1, 0.15) is 42.9 Å². The maximum absolute atomic E-state index is 13.9. The van der Waals surface area contributed by atoms with E-state index in [1.54, 1.807) is 37.7 Å². The van der Waals surface area contributed by atoms with Gasteiger partial charge in [0, 0.05) is 23.6 Å². The van der Waals surface area contributed by atoms with Crippen LogP contribution in [-0.2, 0) is 19.9 Å². The normalized spacial score (nSPS) is 15.1. The van der Waals surface area contributed by atoms with Crippen LogP contribution in [-0.4, -0.2) is 11.9 Å². The van der Waals surface area contributed by atoms with Gasteiger partial charge >= 0.3 is 5.97 Å². The van der Waals surface area contributed by atoms with Gasteiger partial charge in [-0.3, -0.25) is 14.5 Å². The van der Waals surface area contributed by atoms with Crippen LogP contribution in [0.25, 0.3) is 11.1 Å². The fraction of sp³-hybridized carbons (Fsp3) is 0.261. The van der Waals surface area contributed by atoms with Crippen molar-refractivity contribution in [1.29, 1.82) is 0 Å². The Morgan fingerprint density at radius 2 is 1.80 bits per heavy atom. The van der Waals surface area contributed by atoms with Crippen LogP contribution in [0.15, 0.2) is 48.5 Å². The topological polar surface area (TPSA) is 46.6 Å². The molecule has 0 saturated carbocycles. The Balaban J connectivity index is 1.92. The predicted molar refractivity (Wildman–Crippen MR) is 125 cm³/mol. The molecule has 2 aromatic carbocycles. The molecule has 30 heavy (non-hydrogen) atoms. The van der Waals surface area contributed by atoms with Gasteiger partial charge in [-0.25, -0.2) is 0 Å². The van der Waals surface area contributed by atoms with Crippen molar-refractivity contribution in [2.24, 2.45) is 0 Å². The third-order valence-corrected chi connectivity index (χ3v) is 8.57. The van der Waals surface area contributed by atoms with Crippen LogP contribution in [0.5, 0.6) is 0 Å². The van der Waals surface area contributed by atoms with Crippen molar-refractivity contribution in [3.05, 3.63) is 68.4 Å². The lowest BCUT2D eigenvalue weighted by atomic mass is 9.86. The van der Waals surface area contributed by atoms with Crippen molar-refractivity contribution >= 4 is 50.5 Å². The molecule has 1 amide bonds. The average molecular weight is 456 g/mol. The summed E-state index contributed by atoms with van der Waals surface area (Å²) in [5.41, 5.74) is 3.88. The molecule has 154 valence electrons. The Labute approximate surface area is 188 Å². The van der Waals surface area contributed by atoms with Crippen molar-refractivity contribution in [2.45, 2.75) is 39.3 Å². The molecule has 0 radical (unpaired) electrons. The molecule has 0 saturated heterocycles. The highest BCUT2D eigenvalue weighted by atomic mass is 32.9. The Bertz CT molecular complexity index is 1190. The number of aryl methyl sites for hydroxylation is 1. The number of nitrogens with zero attached hydrogens (tertiary/aromatic N) is 1. The second-order valence-corrected chi connectivity index (χ2v) is 10.6. The molecule has 1 aliphatic rings. The first-order valence-electron chi connectivity index (χ1n) is 9.52. The number of carbonyl (C=O) groups is 2. The fourth-order valence-electron chi connectivity index (χ4n) is 3.91. The van der Waals surface area contributed by atoms with Gasteiger partial charge in [0.05, 0.1) is 16.1 Å². The van der Waals surface area contributed by atoms with Gasteiger partial charge < -0.3 is 4.74 Å². The monoisotopic (exact) mass is 455 g/mol.